The predicted octanol–water partition coefficient (Wildman–Crippen LogP) is 3.62. The summed E-state index contributed by atoms with van der Waals surface area (Å²) in [6.07, 6.45) is -3.32. The molecule has 0 aliphatic heterocycles. The normalized spacial score (nSPS) is 11.9. The summed E-state index contributed by atoms with van der Waals surface area (Å²) in [5.74, 6) is -1.58. The molecule has 10 heteroatoms. The SMILES string of the molecule is Cn1c(OCc2ccc(-c3noc(C(F)(F)F)n3)cn2)nc2ccccc21. The van der Waals surface area contributed by atoms with E-state index in [-0.39, 0.29) is 12.4 Å². The van der Waals surface area contributed by atoms with Gasteiger partial charge in [0, 0.05) is 18.8 Å². The summed E-state index contributed by atoms with van der Waals surface area (Å²) in [6.45, 7) is 0.150. The van der Waals surface area contributed by atoms with Gasteiger partial charge in [-0.15, -0.1) is 0 Å². The van der Waals surface area contributed by atoms with E-state index in [0.29, 0.717) is 17.3 Å². The summed E-state index contributed by atoms with van der Waals surface area (Å²) in [5, 5.41) is 3.32. The summed E-state index contributed by atoms with van der Waals surface area (Å²) in [6, 6.07) is 11.2. The molecule has 3 heterocycles. The number of aromatic nitrogens is 5. The summed E-state index contributed by atoms with van der Waals surface area (Å²) in [5.41, 5.74) is 2.63. The molecule has 0 N–H and O–H groups in total. The Morgan fingerprint density at radius 2 is 1.93 bits per heavy atom. The Morgan fingerprint density at radius 1 is 1.11 bits per heavy atom. The van der Waals surface area contributed by atoms with Crippen molar-refractivity contribution in [2.45, 2.75) is 12.8 Å². The van der Waals surface area contributed by atoms with Gasteiger partial charge in [0.1, 0.15) is 6.61 Å². The zero-order valence-electron chi connectivity index (χ0n) is 13.9. The van der Waals surface area contributed by atoms with Gasteiger partial charge in [-0.05, 0) is 24.3 Å². The molecule has 1 aromatic carbocycles. The molecule has 0 saturated heterocycles. The van der Waals surface area contributed by atoms with Gasteiger partial charge in [0.15, 0.2) is 0 Å². The van der Waals surface area contributed by atoms with Crippen LogP contribution in [0.3, 0.4) is 0 Å². The highest BCUT2D eigenvalue weighted by atomic mass is 19.4. The van der Waals surface area contributed by atoms with Crippen LogP contribution >= 0.6 is 0 Å². The van der Waals surface area contributed by atoms with Crippen molar-refractivity contribution < 1.29 is 22.4 Å². The first-order chi connectivity index (χ1) is 12.9. The molecule has 0 unspecified atom stereocenters. The van der Waals surface area contributed by atoms with Crippen molar-refractivity contribution in [1.82, 2.24) is 24.7 Å². The molecule has 27 heavy (non-hydrogen) atoms. The Balaban J connectivity index is 1.48. The monoisotopic (exact) mass is 375 g/mol. The average Bonchev–Trinajstić information content (AvgIpc) is 3.26. The molecule has 0 atom stereocenters. The fraction of sp³-hybridized carbons (Fsp3) is 0.176. The molecule has 0 spiro atoms. The molecule has 0 amide bonds. The van der Waals surface area contributed by atoms with Gasteiger partial charge < -0.3 is 9.26 Å². The van der Waals surface area contributed by atoms with Crippen molar-refractivity contribution in [3.05, 3.63) is 54.2 Å². The highest BCUT2D eigenvalue weighted by Crippen LogP contribution is 2.29. The third kappa shape index (κ3) is 3.33. The van der Waals surface area contributed by atoms with Crippen LogP contribution in [-0.2, 0) is 19.8 Å². The van der Waals surface area contributed by atoms with E-state index in [9.17, 15) is 13.2 Å². The van der Waals surface area contributed by atoms with Gasteiger partial charge in [-0.1, -0.05) is 17.3 Å². The van der Waals surface area contributed by atoms with Gasteiger partial charge in [0.05, 0.1) is 16.7 Å². The van der Waals surface area contributed by atoms with E-state index >= 15 is 0 Å². The maximum absolute atomic E-state index is 12.5. The van der Waals surface area contributed by atoms with Crippen LogP contribution in [-0.4, -0.2) is 24.7 Å². The minimum Gasteiger partial charge on any atom is -0.458 e. The molecule has 4 aromatic rings. The fourth-order valence-corrected chi connectivity index (χ4v) is 2.49. The lowest BCUT2D eigenvalue weighted by Gasteiger charge is -2.05. The molecule has 0 bridgehead atoms. The second-order valence-electron chi connectivity index (χ2n) is 5.69. The number of nitrogens with zero attached hydrogens (tertiary/aromatic N) is 5. The molecule has 0 radical (unpaired) electrons. The number of imidazole rings is 1. The number of aryl methyl sites for hydroxylation is 1. The number of fused-ring (bicyclic) bond motifs is 1. The van der Waals surface area contributed by atoms with Crippen molar-refractivity contribution in [3.63, 3.8) is 0 Å². The van der Waals surface area contributed by atoms with Crippen molar-refractivity contribution in [1.29, 1.82) is 0 Å². The average molecular weight is 375 g/mol. The smallest absolute Gasteiger partial charge is 0.458 e. The van der Waals surface area contributed by atoms with Crippen molar-refractivity contribution in [3.8, 4) is 17.4 Å². The van der Waals surface area contributed by atoms with Crippen LogP contribution in [0.4, 0.5) is 13.2 Å². The van der Waals surface area contributed by atoms with Gasteiger partial charge in [-0.3, -0.25) is 9.55 Å². The van der Waals surface area contributed by atoms with Crippen LogP contribution in [0.5, 0.6) is 6.01 Å². The number of hydrogen-bond acceptors (Lipinski definition) is 6. The van der Waals surface area contributed by atoms with Crippen LogP contribution in [0.25, 0.3) is 22.4 Å². The second kappa shape index (κ2) is 6.38. The fourth-order valence-electron chi connectivity index (χ4n) is 2.49. The minimum atomic E-state index is -4.68. The summed E-state index contributed by atoms with van der Waals surface area (Å²) in [4.78, 5) is 11.9. The maximum atomic E-state index is 12.5. The lowest BCUT2D eigenvalue weighted by Crippen LogP contribution is -2.05. The standard InChI is InChI=1S/C17H12F3N5O2/c1-25-13-5-3-2-4-12(13)22-16(25)26-9-11-7-6-10(8-21-11)14-23-15(27-24-14)17(18,19)20/h2-8H,9H2,1H3. The van der Waals surface area contributed by atoms with E-state index in [1.165, 1.54) is 6.20 Å². The molecule has 0 aliphatic carbocycles. The van der Waals surface area contributed by atoms with E-state index in [2.05, 4.69) is 24.6 Å². The first-order valence-electron chi connectivity index (χ1n) is 7.82. The Hall–Kier alpha value is -3.43. The van der Waals surface area contributed by atoms with Gasteiger partial charge in [0.25, 0.3) is 6.01 Å². The molecule has 0 saturated carbocycles. The number of pyridine rings is 1. The van der Waals surface area contributed by atoms with E-state index in [4.69, 9.17) is 4.74 Å². The molecular formula is C17H12F3N5O2. The lowest BCUT2D eigenvalue weighted by molar-refractivity contribution is -0.159. The van der Waals surface area contributed by atoms with E-state index in [1.54, 1.807) is 12.1 Å². The number of rotatable bonds is 4. The van der Waals surface area contributed by atoms with Gasteiger partial charge in [0.2, 0.25) is 5.82 Å². The first-order valence-corrected chi connectivity index (χ1v) is 7.82. The number of benzene rings is 1. The first kappa shape index (κ1) is 17.0. The van der Waals surface area contributed by atoms with Gasteiger partial charge >= 0.3 is 12.1 Å². The Labute approximate surface area is 150 Å². The number of alkyl halides is 3. The van der Waals surface area contributed by atoms with Crippen LogP contribution < -0.4 is 4.74 Å². The minimum absolute atomic E-state index is 0.150. The van der Waals surface area contributed by atoms with Crippen LogP contribution in [0.15, 0.2) is 47.1 Å². The number of ether oxygens (including phenoxy) is 1. The lowest BCUT2D eigenvalue weighted by atomic mass is 10.2. The van der Waals surface area contributed by atoms with Crippen molar-refractivity contribution in [2.75, 3.05) is 0 Å². The molecule has 138 valence electrons. The summed E-state index contributed by atoms with van der Waals surface area (Å²) < 4.78 is 49.3. The maximum Gasteiger partial charge on any atom is 0.471 e. The summed E-state index contributed by atoms with van der Waals surface area (Å²) >= 11 is 0. The zero-order valence-corrected chi connectivity index (χ0v) is 13.9. The van der Waals surface area contributed by atoms with Crippen molar-refractivity contribution >= 4 is 11.0 Å². The zero-order chi connectivity index (χ0) is 19.0. The highest BCUT2D eigenvalue weighted by molar-refractivity contribution is 5.76. The predicted molar refractivity (Wildman–Crippen MR) is 87.6 cm³/mol. The topological polar surface area (TPSA) is 78.9 Å². The Bertz CT molecular complexity index is 1090. The third-order valence-electron chi connectivity index (χ3n) is 3.85. The molecule has 0 fully saturated rings. The van der Waals surface area contributed by atoms with E-state index in [1.807, 2.05) is 35.9 Å². The quantitative estimate of drug-likeness (QED) is 0.542. The van der Waals surface area contributed by atoms with Crippen LogP contribution in [0.2, 0.25) is 0 Å². The van der Waals surface area contributed by atoms with Gasteiger partial charge in [-0.2, -0.15) is 23.1 Å². The van der Waals surface area contributed by atoms with Gasteiger partial charge in [-0.25, -0.2) is 0 Å². The second-order valence-corrected chi connectivity index (χ2v) is 5.69. The van der Waals surface area contributed by atoms with Crippen molar-refractivity contribution in [2.24, 2.45) is 7.05 Å². The molecule has 0 aliphatic rings. The Morgan fingerprint density at radius 3 is 2.59 bits per heavy atom. The summed E-state index contributed by atoms with van der Waals surface area (Å²) in [7, 11) is 1.84. The molecular weight excluding hydrogens is 363 g/mol. The number of hydrogen-bond donors (Lipinski definition) is 0. The largest absolute Gasteiger partial charge is 0.471 e. The molecule has 4 rings (SSSR count). The number of para-hydroxylation sites is 2. The van der Waals surface area contributed by atoms with Crippen LogP contribution in [0, 0.1) is 0 Å². The van der Waals surface area contributed by atoms with E-state index in [0.717, 1.165) is 11.0 Å². The number of halogens is 3. The molecule has 3 aromatic heterocycles. The highest BCUT2D eigenvalue weighted by Gasteiger charge is 2.38. The molecule has 7 nitrogen and oxygen atoms in total. The third-order valence-corrected chi connectivity index (χ3v) is 3.85. The van der Waals surface area contributed by atoms with Crippen LogP contribution in [0.1, 0.15) is 11.6 Å². The Kier molecular flexibility index (Phi) is 4.02. The van der Waals surface area contributed by atoms with E-state index < -0.39 is 12.1 Å².